The van der Waals surface area contributed by atoms with Gasteiger partial charge >= 0.3 is 0 Å². The Morgan fingerprint density at radius 2 is 1.90 bits per heavy atom. The SMILES string of the molecule is CCC(C)C1NC[C@@H](C)Oc2ccccc2CCCNC(=O)CNC(=O)CN(C)C1=O. The van der Waals surface area contributed by atoms with Crippen LogP contribution in [0.3, 0.4) is 0 Å². The minimum Gasteiger partial charge on any atom is -0.489 e. The first-order valence-electron chi connectivity index (χ1n) is 11.1. The molecule has 3 amide bonds. The molecule has 2 rings (SSSR count). The predicted octanol–water partition coefficient (Wildman–Crippen LogP) is 1.10. The van der Waals surface area contributed by atoms with Gasteiger partial charge in [0.1, 0.15) is 11.9 Å². The van der Waals surface area contributed by atoms with E-state index in [-0.39, 0.29) is 42.8 Å². The largest absolute Gasteiger partial charge is 0.489 e. The summed E-state index contributed by atoms with van der Waals surface area (Å²) in [4.78, 5) is 38.6. The van der Waals surface area contributed by atoms with Crippen molar-refractivity contribution in [1.29, 1.82) is 0 Å². The van der Waals surface area contributed by atoms with Crippen molar-refractivity contribution in [2.45, 2.75) is 52.2 Å². The van der Waals surface area contributed by atoms with E-state index >= 15 is 0 Å². The molecule has 1 aromatic carbocycles. The van der Waals surface area contributed by atoms with E-state index in [0.29, 0.717) is 13.1 Å². The van der Waals surface area contributed by atoms with Gasteiger partial charge in [0.2, 0.25) is 17.7 Å². The van der Waals surface area contributed by atoms with Gasteiger partial charge in [0.15, 0.2) is 0 Å². The number of likely N-dealkylation sites (N-methyl/N-ethyl adjacent to an activating group) is 1. The number of aryl methyl sites for hydroxylation is 1. The molecule has 1 aliphatic rings. The molecule has 3 N–H and O–H groups in total. The zero-order valence-electron chi connectivity index (χ0n) is 19.1. The summed E-state index contributed by atoms with van der Waals surface area (Å²) in [5.74, 6) is 0.151. The lowest BCUT2D eigenvalue weighted by molar-refractivity contribution is -0.137. The van der Waals surface area contributed by atoms with E-state index in [9.17, 15) is 14.4 Å². The highest BCUT2D eigenvalue weighted by Gasteiger charge is 2.28. The van der Waals surface area contributed by atoms with Crippen LogP contribution in [0.2, 0.25) is 0 Å². The number of nitrogens with zero attached hydrogens (tertiary/aromatic N) is 1. The van der Waals surface area contributed by atoms with Gasteiger partial charge in [0.05, 0.1) is 19.1 Å². The van der Waals surface area contributed by atoms with Gasteiger partial charge in [-0.15, -0.1) is 0 Å². The molecule has 8 nitrogen and oxygen atoms in total. The second kappa shape index (κ2) is 12.3. The van der Waals surface area contributed by atoms with Crippen molar-refractivity contribution in [1.82, 2.24) is 20.9 Å². The third-order valence-electron chi connectivity index (χ3n) is 5.55. The second-order valence-corrected chi connectivity index (χ2v) is 8.23. The Kier molecular flexibility index (Phi) is 9.78. The van der Waals surface area contributed by atoms with Crippen LogP contribution in [0, 0.1) is 5.92 Å². The van der Waals surface area contributed by atoms with Gasteiger partial charge < -0.3 is 25.6 Å². The Morgan fingerprint density at radius 3 is 2.65 bits per heavy atom. The molecule has 0 saturated heterocycles. The molecule has 1 aliphatic heterocycles. The summed E-state index contributed by atoms with van der Waals surface area (Å²) < 4.78 is 6.16. The fraction of sp³-hybridized carbons (Fsp3) is 0.609. The number of ether oxygens (including phenoxy) is 1. The molecule has 1 heterocycles. The topological polar surface area (TPSA) is 99.8 Å². The van der Waals surface area contributed by atoms with Crippen LogP contribution in [0.15, 0.2) is 24.3 Å². The zero-order chi connectivity index (χ0) is 22.8. The maximum atomic E-state index is 13.0. The molecule has 31 heavy (non-hydrogen) atoms. The maximum absolute atomic E-state index is 13.0. The molecule has 0 saturated carbocycles. The molecule has 172 valence electrons. The third-order valence-corrected chi connectivity index (χ3v) is 5.55. The molecule has 0 spiro atoms. The number of amides is 3. The van der Waals surface area contributed by atoms with E-state index < -0.39 is 6.04 Å². The molecule has 3 atom stereocenters. The number of fused-ring (bicyclic) bond motifs is 1. The molecule has 0 radical (unpaired) electrons. The zero-order valence-corrected chi connectivity index (χ0v) is 19.1. The van der Waals surface area contributed by atoms with Crippen LogP contribution in [0.1, 0.15) is 39.2 Å². The minimum absolute atomic E-state index is 0.0915. The van der Waals surface area contributed by atoms with E-state index in [1.807, 2.05) is 45.0 Å². The smallest absolute Gasteiger partial charge is 0.240 e. The van der Waals surface area contributed by atoms with Crippen LogP contribution in [-0.4, -0.2) is 68.0 Å². The first-order chi connectivity index (χ1) is 14.8. The summed E-state index contributed by atoms with van der Waals surface area (Å²) in [6, 6.07) is 7.46. The lowest BCUT2D eigenvalue weighted by Gasteiger charge is -2.29. The van der Waals surface area contributed by atoms with E-state index in [4.69, 9.17) is 4.74 Å². The molecule has 0 aliphatic carbocycles. The van der Waals surface area contributed by atoms with Crippen LogP contribution >= 0.6 is 0 Å². The van der Waals surface area contributed by atoms with Gasteiger partial charge in [-0.25, -0.2) is 0 Å². The van der Waals surface area contributed by atoms with Gasteiger partial charge in [-0.3, -0.25) is 14.4 Å². The van der Waals surface area contributed by atoms with Crippen molar-refractivity contribution in [2.75, 3.05) is 33.2 Å². The highest BCUT2D eigenvalue weighted by Crippen LogP contribution is 2.21. The molecule has 2 unspecified atom stereocenters. The number of carbonyl (C=O) groups excluding carboxylic acids is 3. The summed E-state index contributed by atoms with van der Waals surface area (Å²) in [6.45, 7) is 6.83. The van der Waals surface area contributed by atoms with Crippen LogP contribution in [0.5, 0.6) is 5.75 Å². The van der Waals surface area contributed by atoms with Crippen molar-refractivity contribution in [3.05, 3.63) is 29.8 Å². The fourth-order valence-corrected chi connectivity index (χ4v) is 3.48. The van der Waals surface area contributed by atoms with Crippen molar-refractivity contribution in [3.63, 3.8) is 0 Å². The quantitative estimate of drug-likeness (QED) is 0.650. The maximum Gasteiger partial charge on any atom is 0.240 e. The van der Waals surface area contributed by atoms with Crippen LogP contribution in [0.4, 0.5) is 0 Å². The van der Waals surface area contributed by atoms with Crippen molar-refractivity contribution >= 4 is 17.7 Å². The number of para-hydroxylation sites is 1. The van der Waals surface area contributed by atoms with E-state index in [1.165, 1.54) is 4.90 Å². The van der Waals surface area contributed by atoms with Crippen molar-refractivity contribution in [3.8, 4) is 5.75 Å². The summed E-state index contributed by atoms with van der Waals surface area (Å²) in [5.41, 5.74) is 1.08. The highest BCUT2D eigenvalue weighted by atomic mass is 16.5. The van der Waals surface area contributed by atoms with Crippen molar-refractivity contribution < 1.29 is 19.1 Å². The first-order valence-corrected chi connectivity index (χ1v) is 11.1. The lowest BCUT2D eigenvalue weighted by atomic mass is 9.97. The predicted molar refractivity (Wildman–Crippen MR) is 120 cm³/mol. The van der Waals surface area contributed by atoms with Crippen LogP contribution < -0.4 is 20.7 Å². The summed E-state index contributed by atoms with van der Waals surface area (Å²) >= 11 is 0. The van der Waals surface area contributed by atoms with Gasteiger partial charge in [-0.1, -0.05) is 38.5 Å². The number of rotatable bonds is 2. The Labute approximate surface area is 185 Å². The van der Waals surface area contributed by atoms with Crippen LogP contribution in [0.25, 0.3) is 0 Å². The van der Waals surface area contributed by atoms with E-state index in [0.717, 1.165) is 30.6 Å². The Morgan fingerprint density at radius 1 is 1.16 bits per heavy atom. The number of nitrogens with one attached hydrogen (secondary N) is 3. The number of carbonyl (C=O) groups is 3. The molecular weight excluding hydrogens is 396 g/mol. The summed E-state index contributed by atoms with van der Waals surface area (Å²) in [6.07, 6.45) is 2.20. The van der Waals surface area contributed by atoms with E-state index in [1.54, 1.807) is 7.05 Å². The molecule has 0 bridgehead atoms. The second-order valence-electron chi connectivity index (χ2n) is 8.23. The third kappa shape index (κ3) is 7.86. The van der Waals surface area contributed by atoms with Gasteiger partial charge in [0.25, 0.3) is 0 Å². The molecular formula is C23H36N4O4. The average molecular weight is 433 g/mol. The fourth-order valence-electron chi connectivity index (χ4n) is 3.48. The number of hydrogen-bond donors (Lipinski definition) is 3. The number of benzene rings is 1. The van der Waals surface area contributed by atoms with E-state index in [2.05, 4.69) is 16.0 Å². The monoisotopic (exact) mass is 432 g/mol. The summed E-state index contributed by atoms with van der Waals surface area (Å²) in [7, 11) is 1.60. The number of hydrogen-bond acceptors (Lipinski definition) is 5. The Balaban J connectivity index is 2.18. The minimum atomic E-state index is -0.425. The molecule has 0 aromatic heterocycles. The van der Waals surface area contributed by atoms with Gasteiger partial charge in [0, 0.05) is 20.1 Å². The standard InChI is InChI=1S/C23H36N4O4/c1-5-16(2)22-23(30)27(4)15-21(29)25-14-20(28)24-12-8-10-18-9-6-7-11-19(18)31-17(3)13-26-22/h6-7,9,11,16-17,22,26H,5,8,10,12-15H2,1-4H3,(H,24,28)(H,25,29)/t16?,17-,22?/m1/s1. The van der Waals surface area contributed by atoms with Gasteiger partial charge in [-0.2, -0.15) is 0 Å². The first kappa shape index (κ1) is 24.7. The Bertz CT molecular complexity index is 755. The van der Waals surface area contributed by atoms with Crippen LogP contribution in [-0.2, 0) is 20.8 Å². The van der Waals surface area contributed by atoms with Crippen molar-refractivity contribution in [2.24, 2.45) is 5.92 Å². The Hall–Kier alpha value is -2.61. The normalized spacial score (nSPS) is 23.5. The average Bonchev–Trinajstić information content (AvgIpc) is 2.75. The summed E-state index contributed by atoms with van der Waals surface area (Å²) in [5, 5.41) is 8.74. The molecule has 8 heteroatoms. The highest BCUT2D eigenvalue weighted by molar-refractivity contribution is 5.89. The molecule has 1 aromatic rings. The lowest BCUT2D eigenvalue weighted by Crippen LogP contribution is -2.52. The molecule has 0 fully saturated rings. The van der Waals surface area contributed by atoms with Gasteiger partial charge in [-0.05, 0) is 37.3 Å².